The molecule has 1 atom stereocenters. The Morgan fingerprint density at radius 1 is 1.43 bits per heavy atom. The summed E-state index contributed by atoms with van der Waals surface area (Å²) in [5, 5.41) is 9.80. The normalized spacial score (nSPS) is 12.7. The van der Waals surface area contributed by atoms with Gasteiger partial charge in [-0.05, 0) is 37.0 Å². The van der Waals surface area contributed by atoms with Gasteiger partial charge in [0.2, 0.25) is 0 Å². The average molecular weight is 302 g/mol. The molecule has 0 radical (unpaired) electrons. The van der Waals surface area contributed by atoms with E-state index in [0.29, 0.717) is 0 Å². The topological polar surface area (TPSA) is 52.0 Å². The number of hydrogen-bond acceptors (Lipinski definition) is 5. The van der Waals surface area contributed by atoms with Gasteiger partial charge < -0.3 is 10.1 Å². The second kappa shape index (κ2) is 5.83. The predicted octanol–water partition coefficient (Wildman–Crippen LogP) is 2.83. The zero-order valence-electron chi connectivity index (χ0n) is 12.3. The van der Waals surface area contributed by atoms with Crippen molar-refractivity contribution in [2.45, 2.75) is 19.5 Å². The number of rotatable bonds is 5. The van der Waals surface area contributed by atoms with E-state index in [9.17, 15) is 0 Å². The number of aromatic nitrogens is 3. The Bertz CT molecular complexity index is 728. The predicted molar refractivity (Wildman–Crippen MR) is 85.0 cm³/mol. The lowest BCUT2D eigenvalue weighted by Crippen LogP contribution is -2.22. The molecular formula is C15H18N4OS. The highest BCUT2D eigenvalue weighted by atomic mass is 32.1. The van der Waals surface area contributed by atoms with Crippen molar-refractivity contribution in [3.63, 3.8) is 0 Å². The summed E-state index contributed by atoms with van der Waals surface area (Å²) in [4.78, 5) is 4.53. The minimum atomic E-state index is 0.00130. The van der Waals surface area contributed by atoms with Crippen LogP contribution in [0.1, 0.15) is 24.2 Å². The van der Waals surface area contributed by atoms with Crippen molar-refractivity contribution >= 4 is 21.6 Å². The van der Waals surface area contributed by atoms with E-state index in [0.717, 1.165) is 29.1 Å². The first-order valence-electron chi connectivity index (χ1n) is 6.88. The van der Waals surface area contributed by atoms with Crippen LogP contribution >= 0.6 is 11.3 Å². The third-order valence-electron chi connectivity index (χ3n) is 3.58. The first-order valence-corrected chi connectivity index (χ1v) is 7.76. The number of aryl methyl sites for hydroxylation is 1. The first kappa shape index (κ1) is 14.0. The van der Waals surface area contributed by atoms with Crippen LogP contribution in [0, 0.1) is 0 Å². The molecule has 0 amide bonds. The molecule has 1 unspecified atom stereocenters. The van der Waals surface area contributed by atoms with Gasteiger partial charge in [-0.3, -0.25) is 9.67 Å². The van der Waals surface area contributed by atoms with E-state index < -0.39 is 0 Å². The molecule has 0 fully saturated rings. The highest BCUT2D eigenvalue weighted by Crippen LogP contribution is 2.31. The number of nitrogens with one attached hydrogen (secondary N) is 1. The molecule has 0 saturated carbocycles. The van der Waals surface area contributed by atoms with Crippen molar-refractivity contribution in [1.29, 1.82) is 0 Å². The van der Waals surface area contributed by atoms with E-state index >= 15 is 0 Å². The molecule has 3 aromatic heterocycles. The highest BCUT2D eigenvalue weighted by molar-refractivity contribution is 7.17. The van der Waals surface area contributed by atoms with Crippen LogP contribution in [-0.4, -0.2) is 28.9 Å². The van der Waals surface area contributed by atoms with Crippen LogP contribution in [0.5, 0.6) is 5.75 Å². The minimum Gasteiger partial charge on any atom is -0.493 e. The highest BCUT2D eigenvalue weighted by Gasteiger charge is 2.22. The van der Waals surface area contributed by atoms with E-state index in [2.05, 4.69) is 33.8 Å². The Kier molecular flexibility index (Phi) is 3.90. The molecule has 1 N–H and O–H groups in total. The molecule has 0 aliphatic heterocycles. The van der Waals surface area contributed by atoms with Gasteiger partial charge in [-0.2, -0.15) is 5.10 Å². The maximum absolute atomic E-state index is 5.46. The standard InChI is InChI=1S/C15H18N4OS/c1-4-19-15(12(20-3)9-18-19)14(16-2)10-7-13-11(17-8-10)5-6-21-13/h5-9,14,16H,4H2,1-3H3. The number of thiophene rings is 1. The second-order valence-electron chi connectivity index (χ2n) is 4.71. The number of hydrogen-bond donors (Lipinski definition) is 1. The fourth-order valence-electron chi connectivity index (χ4n) is 2.56. The molecular weight excluding hydrogens is 284 g/mol. The molecule has 0 saturated heterocycles. The third kappa shape index (κ3) is 2.41. The van der Waals surface area contributed by atoms with Crippen molar-refractivity contribution in [3.8, 4) is 5.75 Å². The van der Waals surface area contributed by atoms with Crippen LogP contribution in [0.4, 0.5) is 0 Å². The molecule has 0 bridgehead atoms. The van der Waals surface area contributed by atoms with Crippen molar-refractivity contribution in [2.24, 2.45) is 0 Å². The Labute approximate surface area is 127 Å². The fraction of sp³-hybridized carbons (Fsp3) is 0.333. The maximum atomic E-state index is 5.46. The Morgan fingerprint density at radius 2 is 2.29 bits per heavy atom. The van der Waals surface area contributed by atoms with Gasteiger partial charge in [-0.25, -0.2) is 0 Å². The summed E-state index contributed by atoms with van der Waals surface area (Å²) in [6, 6.07) is 4.22. The first-order chi connectivity index (χ1) is 10.3. The average Bonchev–Trinajstić information content (AvgIpc) is 3.13. The van der Waals surface area contributed by atoms with E-state index in [1.165, 1.54) is 4.70 Å². The smallest absolute Gasteiger partial charge is 0.161 e. The lowest BCUT2D eigenvalue weighted by atomic mass is 10.1. The van der Waals surface area contributed by atoms with Gasteiger partial charge in [-0.15, -0.1) is 11.3 Å². The Morgan fingerprint density at radius 3 is 3.00 bits per heavy atom. The summed E-state index contributed by atoms with van der Waals surface area (Å²) in [7, 11) is 3.61. The lowest BCUT2D eigenvalue weighted by molar-refractivity contribution is 0.401. The van der Waals surface area contributed by atoms with E-state index in [-0.39, 0.29) is 6.04 Å². The van der Waals surface area contributed by atoms with Crippen molar-refractivity contribution in [1.82, 2.24) is 20.1 Å². The molecule has 0 aliphatic rings. The summed E-state index contributed by atoms with van der Waals surface area (Å²) in [6.45, 7) is 2.87. The van der Waals surface area contributed by atoms with Gasteiger partial charge in [0.05, 0.1) is 29.6 Å². The van der Waals surface area contributed by atoms with Gasteiger partial charge in [0, 0.05) is 12.7 Å². The summed E-state index contributed by atoms with van der Waals surface area (Å²) in [5.41, 5.74) is 3.18. The van der Waals surface area contributed by atoms with Gasteiger partial charge in [0.15, 0.2) is 5.75 Å². The lowest BCUT2D eigenvalue weighted by Gasteiger charge is -2.19. The fourth-order valence-corrected chi connectivity index (χ4v) is 3.35. The largest absolute Gasteiger partial charge is 0.493 e. The van der Waals surface area contributed by atoms with Crippen LogP contribution in [0.2, 0.25) is 0 Å². The molecule has 5 nitrogen and oxygen atoms in total. The molecule has 3 rings (SSSR count). The second-order valence-corrected chi connectivity index (χ2v) is 5.66. The number of fused-ring (bicyclic) bond motifs is 1. The molecule has 0 aromatic carbocycles. The minimum absolute atomic E-state index is 0.00130. The number of nitrogens with zero attached hydrogens (tertiary/aromatic N) is 3. The quantitative estimate of drug-likeness (QED) is 0.787. The van der Waals surface area contributed by atoms with Gasteiger partial charge in [0.25, 0.3) is 0 Å². The number of ether oxygens (including phenoxy) is 1. The third-order valence-corrected chi connectivity index (χ3v) is 4.44. The van der Waals surface area contributed by atoms with Crippen LogP contribution in [-0.2, 0) is 6.54 Å². The van der Waals surface area contributed by atoms with Gasteiger partial charge in [-0.1, -0.05) is 0 Å². The van der Waals surface area contributed by atoms with E-state index in [1.807, 2.05) is 24.0 Å². The SMILES string of the molecule is CCn1ncc(OC)c1C(NC)c1cnc2ccsc2c1. The molecule has 110 valence electrons. The van der Waals surface area contributed by atoms with Crippen LogP contribution in [0.3, 0.4) is 0 Å². The van der Waals surface area contributed by atoms with Crippen LogP contribution in [0.15, 0.2) is 29.9 Å². The molecule has 0 aliphatic carbocycles. The van der Waals surface area contributed by atoms with Crippen LogP contribution < -0.4 is 10.1 Å². The van der Waals surface area contributed by atoms with Gasteiger partial charge >= 0.3 is 0 Å². The summed E-state index contributed by atoms with van der Waals surface area (Å²) in [6.07, 6.45) is 3.68. The van der Waals surface area contributed by atoms with Crippen LogP contribution in [0.25, 0.3) is 10.2 Å². The molecule has 0 spiro atoms. The van der Waals surface area contributed by atoms with Gasteiger partial charge in [0.1, 0.15) is 5.69 Å². The Balaban J connectivity index is 2.10. The Hall–Kier alpha value is -1.92. The summed E-state index contributed by atoms with van der Waals surface area (Å²) >= 11 is 1.70. The maximum Gasteiger partial charge on any atom is 0.161 e. The monoisotopic (exact) mass is 302 g/mol. The van der Waals surface area contributed by atoms with Crippen molar-refractivity contribution < 1.29 is 4.74 Å². The van der Waals surface area contributed by atoms with E-state index in [1.54, 1.807) is 24.6 Å². The molecule has 21 heavy (non-hydrogen) atoms. The molecule has 3 heterocycles. The number of methoxy groups -OCH3 is 1. The number of pyridine rings is 1. The molecule has 6 heteroatoms. The summed E-state index contributed by atoms with van der Waals surface area (Å²) in [5.74, 6) is 0.794. The zero-order chi connectivity index (χ0) is 14.8. The van der Waals surface area contributed by atoms with Crippen molar-refractivity contribution in [3.05, 3.63) is 41.2 Å². The van der Waals surface area contributed by atoms with E-state index in [4.69, 9.17) is 4.74 Å². The van der Waals surface area contributed by atoms with Crippen molar-refractivity contribution in [2.75, 3.05) is 14.2 Å². The summed E-state index contributed by atoms with van der Waals surface area (Å²) < 4.78 is 8.61. The molecule has 3 aromatic rings. The zero-order valence-corrected chi connectivity index (χ0v) is 13.1.